The lowest BCUT2D eigenvalue weighted by Crippen LogP contribution is -2.29. The monoisotopic (exact) mass is 381 g/mol. The molecule has 0 aliphatic rings. The molecule has 2 amide bonds. The largest absolute Gasteiger partial charge is 0.493 e. The van der Waals surface area contributed by atoms with Crippen molar-refractivity contribution in [2.24, 2.45) is 10.8 Å². The highest BCUT2D eigenvalue weighted by molar-refractivity contribution is 5.96. The number of fused-ring (bicyclic) bond motifs is 1. The van der Waals surface area contributed by atoms with E-state index in [-0.39, 0.29) is 17.7 Å². The molecule has 0 fully saturated rings. The Balaban J connectivity index is 1.85. The van der Waals surface area contributed by atoms with Gasteiger partial charge in [-0.25, -0.2) is 5.43 Å². The molecule has 3 rings (SSSR count). The molecule has 8 nitrogen and oxygen atoms in total. The summed E-state index contributed by atoms with van der Waals surface area (Å²) in [7, 11) is 1.49. The molecule has 8 heteroatoms. The minimum atomic E-state index is -0.738. The van der Waals surface area contributed by atoms with Gasteiger partial charge in [0.2, 0.25) is 5.55 Å². The van der Waals surface area contributed by atoms with E-state index >= 15 is 0 Å². The van der Waals surface area contributed by atoms with Crippen molar-refractivity contribution in [3.63, 3.8) is 0 Å². The predicted octanol–water partition coefficient (Wildman–Crippen LogP) is 1.86. The first-order chi connectivity index (χ1) is 13.5. The number of amides is 2. The van der Waals surface area contributed by atoms with Crippen LogP contribution in [-0.4, -0.2) is 25.5 Å². The maximum absolute atomic E-state index is 12.1. The molecule has 144 valence electrons. The lowest BCUT2D eigenvalue weighted by Gasteiger charge is -2.08. The first kappa shape index (κ1) is 19.0. The van der Waals surface area contributed by atoms with Crippen LogP contribution in [0.2, 0.25) is 0 Å². The van der Waals surface area contributed by atoms with Gasteiger partial charge in [-0.15, -0.1) is 5.10 Å². The van der Waals surface area contributed by atoms with E-state index in [1.807, 2.05) is 25.1 Å². The Morgan fingerprint density at radius 1 is 1.14 bits per heavy atom. The third-order valence-electron chi connectivity index (χ3n) is 3.96. The lowest BCUT2D eigenvalue weighted by atomic mass is 10.1. The first-order valence-electron chi connectivity index (χ1n) is 8.41. The van der Waals surface area contributed by atoms with Gasteiger partial charge in [0, 0.05) is 5.39 Å². The van der Waals surface area contributed by atoms with E-state index in [1.165, 1.54) is 13.2 Å². The number of nitrogens with two attached hydrogens (primary N) is 1. The Kier molecular flexibility index (Phi) is 5.59. The highest BCUT2D eigenvalue weighted by Crippen LogP contribution is 2.24. The molecule has 3 aromatic rings. The van der Waals surface area contributed by atoms with Gasteiger partial charge in [-0.2, -0.15) is 0 Å². The molecule has 0 unspecified atom stereocenters. The van der Waals surface area contributed by atoms with Crippen molar-refractivity contribution in [2.45, 2.75) is 6.92 Å². The molecule has 0 aliphatic heterocycles. The van der Waals surface area contributed by atoms with Crippen LogP contribution in [0.25, 0.3) is 11.0 Å². The maximum atomic E-state index is 12.1. The van der Waals surface area contributed by atoms with Crippen molar-refractivity contribution >= 4 is 22.8 Å². The summed E-state index contributed by atoms with van der Waals surface area (Å²) < 4.78 is 16.4. The van der Waals surface area contributed by atoms with Crippen molar-refractivity contribution in [1.82, 2.24) is 5.43 Å². The number of hydrogen-bond donors (Lipinski definition) is 2. The van der Waals surface area contributed by atoms with Gasteiger partial charge in [-0.1, -0.05) is 30.3 Å². The van der Waals surface area contributed by atoms with E-state index in [9.17, 15) is 9.59 Å². The zero-order chi connectivity index (χ0) is 20.1. The number of carbonyl (C=O) groups excluding carboxylic acids is 2. The molecule has 0 atom stereocenters. The lowest BCUT2D eigenvalue weighted by molar-refractivity contribution is -0.123. The van der Waals surface area contributed by atoms with E-state index in [1.54, 1.807) is 24.3 Å². The second-order valence-electron chi connectivity index (χ2n) is 5.91. The molecular formula is C20H19N3O5. The molecule has 1 heterocycles. The van der Waals surface area contributed by atoms with Crippen LogP contribution in [-0.2, 0) is 4.79 Å². The summed E-state index contributed by atoms with van der Waals surface area (Å²) in [6, 6.07) is 14.0. The Labute approximate surface area is 160 Å². The Bertz CT molecular complexity index is 1100. The third-order valence-corrected chi connectivity index (χ3v) is 3.96. The van der Waals surface area contributed by atoms with Crippen molar-refractivity contribution in [3.05, 3.63) is 65.2 Å². The average Bonchev–Trinajstić information content (AvgIpc) is 2.70. The summed E-state index contributed by atoms with van der Waals surface area (Å²) in [4.78, 5) is 23.8. The smallest absolute Gasteiger partial charge is 0.278 e. The molecule has 28 heavy (non-hydrogen) atoms. The summed E-state index contributed by atoms with van der Waals surface area (Å²) in [5.41, 5.74) is 8.89. The van der Waals surface area contributed by atoms with E-state index in [2.05, 4.69) is 10.5 Å². The predicted molar refractivity (Wildman–Crippen MR) is 102 cm³/mol. The number of ether oxygens (including phenoxy) is 2. The Morgan fingerprint density at radius 3 is 2.61 bits per heavy atom. The van der Waals surface area contributed by atoms with Gasteiger partial charge in [0.15, 0.2) is 17.9 Å². The van der Waals surface area contributed by atoms with Crippen LogP contribution in [0, 0.1) is 6.92 Å². The fourth-order valence-electron chi connectivity index (χ4n) is 2.55. The fourth-order valence-corrected chi connectivity index (χ4v) is 2.55. The number of nitrogens with one attached hydrogen (secondary N) is 1. The van der Waals surface area contributed by atoms with Crippen LogP contribution in [0.5, 0.6) is 11.5 Å². The molecule has 0 spiro atoms. The van der Waals surface area contributed by atoms with Crippen LogP contribution in [0.15, 0.2) is 58.0 Å². The molecule has 0 bridgehead atoms. The molecule has 0 aliphatic carbocycles. The number of hydrogen-bond acceptors (Lipinski definition) is 6. The Hall–Kier alpha value is -3.81. The van der Waals surface area contributed by atoms with Gasteiger partial charge >= 0.3 is 0 Å². The van der Waals surface area contributed by atoms with Crippen LogP contribution in [0.3, 0.4) is 0 Å². The molecule has 2 aromatic carbocycles. The van der Waals surface area contributed by atoms with Gasteiger partial charge in [-0.05, 0) is 30.7 Å². The summed E-state index contributed by atoms with van der Waals surface area (Å²) in [5, 5.41) is 4.50. The van der Waals surface area contributed by atoms with E-state index in [0.717, 1.165) is 5.56 Å². The zero-order valence-corrected chi connectivity index (χ0v) is 15.4. The number of nitrogens with zero attached hydrogens (tertiary/aromatic N) is 1. The van der Waals surface area contributed by atoms with Crippen LogP contribution < -0.4 is 26.2 Å². The number of aryl methyl sites for hydroxylation is 1. The fraction of sp³-hybridized carbons (Fsp3) is 0.150. The summed E-state index contributed by atoms with van der Waals surface area (Å²) in [6.07, 6.45) is 0. The van der Waals surface area contributed by atoms with Gasteiger partial charge < -0.3 is 19.6 Å². The second-order valence-corrected chi connectivity index (χ2v) is 5.91. The minimum absolute atomic E-state index is 0.0286. The first-order valence-corrected chi connectivity index (χ1v) is 8.41. The molecule has 0 radical (unpaired) electrons. The van der Waals surface area contributed by atoms with Crippen molar-refractivity contribution in [2.75, 3.05) is 13.7 Å². The van der Waals surface area contributed by atoms with Gasteiger partial charge in [0.1, 0.15) is 11.3 Å². The van der Waals surface area contributed by atoms with E-state index in [0.29, 0.717) is 22.5 Å². The number of methoxy groups -OCH3 is 1. The highest BCUT2D eigenvalue weighted by atomic mass is 16.5. The molecule has 0 saturated carbocycles. The number of carbonyl (C=O) groups is 2. The third kappa shape index (κ3) is 4.12. The number of primary amides is 1. The standard InChI is InChI=1S/C20H19N3O5/c1-12-6-3-4-8-15(12)27-11-17(24)22-23-20-14(19(21)25)10-13-7-5-9-16(26-2)18(13)28-20/h3-10H,11H2,1-2H3,(H2,21,25)(H,22,24)/b23-20+. The molecule has 0 saturated heterocycles. The SMILES string of the molecule is COc1cccc2cc(C(N)=O)/c(=N\NC(=O)COc3ccccc3C)oc12. The molecular weight excluding hydrogens is 362 g/mol. The maximum Gasteiger partial charge on any atom is 0.278 e. The zero-order valence-electron chi connectivity index (χ0n) is 15.4. The van der Waals surface area contributed by atoms with Gasteiger partial charge in [-0.3, -0.25) is 9.59 Å². The van der Waals surface area contributed by atoms with Crippen LogP contribution in [0.4, 0.5) is 0 Å². The number of para-hydroxylation sites is 2. The summed E-state index contributed by atoms with van der Waals surface area (Å²) >= 11 is 0. The average molecular weight is 381 g/mol. The van der Waals surface area contributed by atoms with Crippen LogP contribution >= 0.6 is 0 Å². The topological polar surface area (TPSA) is 116 Å². The quantitative estimate of drug-likeness (QED) is 0.632. The summed E-state index contributed by atoms with van der Waals surface area (Å²) in [6.45, 7) is 1.62. The molecule has 1 aromatic heterocycles. The Morgan fingerprint density at radius 2 is 1.89 bits per heavy atom. The van der Waals surface area contributed by atoms with Crippen molar-refractivity contribution < 1.29 is 23.5 Å². The van der Waals surface area contributed by atoms with E-state index < -0.39 is 11.8 Å². The number of rotatable bonds is 6. The summed E-state index contributed by atoms with van der Waals surface area (Å²) in [5.74, 6) is -0.207. The second kappa shape index (κ2) is 8.26. The highest BCUT2D eigenvalue weighted by Gasteiger charge is 2.12. The van der Waals surface area contributed by atoms with E-state index in [4.69, 9.17) is 19.6 Å². The van der Waals surface area contributed by atoms with Crippen LogP contribution in [0.1, 0.15) is 15.9 Å². The van der Waals surface area contributed by atoms with Crippen molar-refractivity contribution in [1.29, 1.82) is 0 Å². The minimum Gasteiger partial charge on any atom is -0.493 e. The van der Waals surface area contributed by atoms with Gasteiger partial charge in [0.25, 0.3) is 11.8 Å². The number of benzene rings is 2. The van der Waals surface area contributed by atoms with Crippen molar-refractivity contribution in [3.8, 4) is 11.5 Å². The normalized spacial score (nSPS) is 11.3. The van der Waals surface area contributed by atoms with Gasteiger partial charge in [0.05, 0.1) is 7.11 Å². The molecule has 3 N–H and O–H groups in total.